The number of hydrogen-bond acceptors (Lipinski definition) is 8. The maximum Gasteiger partial charge on any atom is 0.186 e. The predicted molar refractivity (Wildman–Crippen MR) is 52.8 cm³/mol. The number of aliphatic hydroxyl groups excluding tert-OH is 6. The zero-order valence-corrected chi connectivity index (χ0v) is 9.09. The third kappa shape index (κ3) is 3.57. The van der Waals surface area contributed by atoms with Crippen molar-refractivity contribution in [2.45, 2.75) is 36.8 Å². The molecule has 102 valence electrons. The molecule has 0 radical (unpaired) electrons. The number of ether oxygens (including phenoxy) is 2. The summed E-state index contributed by atoms with van der Waals surface area (Å²) in [6, 6.07) is 0. The highest BCUT2D eigenvalue weighted by atomic mass is 16.7. The first-order chi connectivity index (χ1) is 8.01. The van der Waals surface area contributed by atoms with Crippen molar-refractivity contribution in [3.05, 3.63) is 0 Å². The molecular formula is C9H18O8. The van der Waals surface area contributed by atoms with Crippen molar-refractivity contribution in [1.82, 2.24) is 0 Å². The highest BCUT2D eigenvalue weighted by molar-refractivity contribution is 4.88. The van der Waals surface area contributed by atoms with E-state index in [1.165, 1.54) is 0 Å². The van der Waals surface area contributed by atoms with Crippen LogP contribution in [0.5, 0.6) is 0 Å². The fraction of sp³-hybridized carbons (Fsp3) is 1.00. The Hall–Kier alpha value is -0.320. The van der Waals surface area contributed by atoms with Crippen molar-refractivity contribution >= 4 is 0 Å². The maximum atomic E-state index is 9.52. The summed E-state index contributed by atoms with van der Waals surface area (Å²) in [6.07, 6.45) is -7.94. The minimum Gasteiger partial charge on any atom is -0.394 e. The summed E-state index contributed by atoms with van der Waals surface area (Å²) in [6.45, 7) is -1.37. The van der Waals surface area contributed by atoms with Crippen LogP contribution in [0.1, 0.15) is 0 Å². The molecule has 0 bridgehead atoms. The van der Waals surface area contributed by atoms with Gasteiger partial charge < -0.3 is 40.1 Å². The molecule has 0 aromatic heterocycles. The molecule has 1 aliphatic heterocycles. The van der Waals surface area contributed by atoms with Gasteiger partial charge in [-0.2, -0.15) is 0 Å². The molecule has 1 rings (SSSR count). The van der Waals surface area contributed by atoms with E-state index in [0.29, 0.717) is 0 Å². The molecule has 1 saturated heterocycles. The summed E-state index contributed by atoms with van der Waals surface area (Å²) in [5.41, 5.74) is 0. The lowest BCUT2D eigenvalue weighted by atomic mass is 9.99. The van der Waals surface area contributed by atoms with E-state index in [9.17, 15) is 15.3 Å². The molecule has 8 heteroatoms. The molecule has 8 nitrogen and oxygen atoms in total. The van der Waals surface area contributed by atoms with E-state index in [0.717, 1.165) is 0 Å². The maximum absolute atomic E-state index is 9.52. The van der Waals surface area contributed by atoms with E-state index in [-0.39, 0.29) is 6.61 Å². The lowest BCUT2D eigenvalue weighted by Crippen LogP contribution is -2.59. The summed E-state index contributed by atoms with van der Waals surface area (Å²) in [4.78, 5) is 0. The van der Waals surface area contributed by atoms with Gasteiger partial charge in [0.1, 0.15) is 30.5 Å². The highest BCUT2D eigenvalue weighted by Crippen LogP contribution is 2.21. The zero-order chi connectivity index (χ0) is 13.0. The van der Waals surface area contributed by atoms with E-state index in [4.69, 9.17) is 24.8 Å². The molecule has 0 unspecified atom stereocenters. The van der Waals surface area contributed by atoms with Crippen LogP contribution in [0, 0.1) is 0 Å². The molecule has 6 N–H and O–H groups in total. The highest BCUT2D eigenvalue weighted by Gasteiger charge is 2.44. The average molecular weight is 254 g/mol. The van der Waals surface area contributed by atoms with Crippen LogP contribution >= 0.6 is 0 Å². The van der Waals surface area contributed by atoms with Crippen LogP contribution in [-0.2, 0) is 9.47 Å². The van der Waals surface area contributed by atoms with Crippen LogP contribution in [-0.4, -0.2) is 87.3 Å². The predicted octanol–water partition coefficient (Wildman–Crippen LogP) is -3.84. The summed E-state index contributed by atoms with van der Waals surface area (Å²) in [7, 11) is 0. The largest absolute Gasteiger partial charge is 0.394 e. The summed E-state index contributed by atoms with van der Waals surface area (Å²) in [5.74, 6) is 0. The van der Waals surface area contributed by atoms with Crippen LogP contribution in [0.3, 0.4) is 0 Å². The standard InChI is InChI=1S/C9H18O8/c10-1-4(12)3-16-9-8(15)7(14)6(13)5(2-11)17-9/h4-15H,1-3H2/t4-,5+,6-,7+,8+,9-/m1/s1. The Bertz CT molecular complexity index is 223. The van der Waals surface area contributed by atoms with Gasteiger partial charge in [-0.15, -0.1) is 0 Å². The molecule has 17 heavy (non-hydrogen) atoms. The minimum absolute atomic E-state index is 0.306. The topological polar surface area (TPSA) is 140 Å². The Morgan fingerprint density at radius 3 is 2.24 bits per heavy atom. The van der Waals surface area contributed by atoms with Crippen LogP contribution < -0.4 is 0 Å². The Balaban J connectivity index is 2.53. The van der Waals surface area contributed by atoms with Gasteiger partial charge in [0.05, 0.1) is 19.8 Å². The van der Waals surface area contributed by atoms with Gasteiger partial charge in [0.25, 0.3) is 0 Å². The van der Waals surface area contributed by atoms with Crippen molar-refractivity contribution in [3.8, 4) is 0 Å². The van der Waals surface area contributed by atoms with Gasteiger partial charge >= 0.3 is 0 Å². The first-order valence-corrected chi connectivity index (χ1v) is 5.22. The van der Waals surface area contributed by atoms with Gasteiger partial charge in [-0.1, -0.05) is 0 Å². The fourth-order valence-corrected chi connectivity index (χ4v) is 1.46. The molecule has 0 aromatic carbocycles. The molecule has 0 aromatic rings. The molecule has 0 spiro atoms. The van der Waals surface area contributed by atoms with Gasteiger partial charge in [0, 0.05) is 0 Å². The second kappa shape index (κ2) is 6.57. The van der Waals surface area contributed by atoms with Crippen molar-refractivity contribution in [1.29, 1.82) is 0 Å². The monoisotopic (exact) mass is 254 g/mol. The third-order valence-corrected chi connectivity index (χ3v) is 2.51. The molecule has 0 amide bonds. The molecular weight excluding hydrogens is 236 g/mol. The van der Waals surface area contributed by atoms with Crippen LogP contribution in [0.2, 0.25) is 0 Å². The Kier molecular flexibility index (Phi) is 5.70. The molecule has 0 saturated carbocycles. The van der Waals surface area contributed by atoms with Crippen LogP contribution in [0.4, 0.5) is 0 Å². The molecule has 1 heterocycles. The van der Waals surface area contributed by atoms with E-state index in [1.807, 2.05) is 0 Å². The van der Waals surface area contributed by atoms with Crippen molar-refractivity contribution < 1.29 is 40.1 Å². The zero-order valence-electron chi connectivity index (χ0n) is 9.09. The van der Waals surface area contributed by atoms with E-state index in [2.05, 4.69) is 0 Å². The Morgan fingerprint density at radius 2 is 1.71 bits per heavy atom. The van der Waals surface area contributed by atoms with Gasteiger partial charge in [-0.05, 0) is 0 Å². The van der Waals surface area contributed by atoms with Crippen molar-refractivity contribution in [3.63, 3.8) is 0 Å². The molecule has 1 aliphatic rings. The molecule has 6 atom stereocenters. The molecule has 1 fully saturated rings. The van der Waals surface area contributed by atoms with Gasteiger partial charge in [0.2, 0.25) is 0 Å². The van der Waals surface area contributed by atoms with Crippen molar-refractivity contribution in [2.75, 3.05) is 19.8 Å². The van der Waals surface area contributed by atoms with Gasteiger partial charge in [-0.25, -0.2) is 0 Å². The summed E-state index contributed by atoms with van der Waals surface area (Å²) < 4.78 is 9.93. The number of rotatable bonds is 5. The fourth-order valence-electron chi connectivity index (χ4n) is 1.46. The number of aliphatic hydroxyl groups is 6. The summed E-state index contributed by atoms with van der Waals surface area (Å²) >= 11 is 0. The lowest BCUT2D eigenvalue weighted by Gasteiger charge is -2.39. The first-order valence-electron chi connectivity index (χ1n) is 5.22. The molecule has 0 aliphatic carbocycles. The Labute approximate surface area is 97.6 Å². The van der Waals surface area contributed by atoms with Gasteiger partial charge in [0.15, 0.2) is 6.29 Å². The van der Waals surface area contributed by atoms with Crippen molar-refractivity contribution in [2.24, 2.45) is 0 Å². The Morgan fingerprint density at radius 1 is 1.06 bits per heavy atom. The van der Waals surface area contributed by atoms with E-state index < -0.39 is 50.0 Å². The smallest absolute Gasteiger partial charge is 0.186 e. The minimum atomic E-state index is -1.52. The number of hydrogen-bond donors (Lipinski definition) is 6. The van der Waals surface area contributed by atoms with Gasteiger partial charge in [-0.3, -0.25) is 0 Å². The van der Waals surface area contributed by atoms with Crippen LogP contribution in [0.25, 0.3) is 0 Å². The third-order valence-electron chi connectivity index (χ3n) is 2.51. The quantitative estimate of drug-likeness (QED) is 0.293. The SMILES string of the molecule is OC[C@@H](O)CO[C@@H]1O[C@@H](CO)[C@@H](O)[C@H](O)[C@@H]1O. The second-order valence-corrected chi connectivity index (χ2v) is 3.87. The van der Waals surface area contributed by atoms with E-state index >= 15 is 0 Å². The normalized spacial score (nSPS) is 40.2. The lowest BCUT2D eigenvalue weighted by molar-refractivity contribution is -0.304. The first kappa shape index (κ1) is 14.7. The van der Waals surface area contributed by atoms with Crippen LogP contribution in [0.15, 0.2) is 0 Å². The van der Waals surface area contributed by atoms with E-state index in [1.54, 1.807) is 0 Å². The summed E-state index contributed by atoms with van der Waals surface area (Å²) in [5, 5.41) is 54.9. The average Bonchev–Trinajstić information content (AvgIpc) is 2.34. The second-order valence-electron chi connectivity index (χ2n) is 3.87.